The van der Waals surface area contributed by atoms with E-state index in [1.807, 2.05) is 26.0 Å². The first kappa shape index (κ1) is 31.4. The van der Waals surface area contributed by atoms with E-state index in [0.717, 1.165) is 45.1 Å². The third kappa shape index (κ3) is 4.47. The third-order valence-corrected chi connectivity index (χ3v) is 11.1. The van der Waals surface area contributed by atoms with Crippen LogP contribution in [0.25, 0.3) is 33.1 Å². The minimum atomic E-state index is -1.24. The average Bonchev–Trinajstić information content (AvgIpc) is 3.84. The van der Waals surface area contributed by atoms with Crippen molar-refractivity contribution < 1.29 is 27.2 Å². The minimum absolute atomic E-state index is 0.0469. The van der Waals surface area contributed by atoms with Gasteiger partial charge in [-0.05, 0) is 70.8 Å². The average molecular weight is 687 g/mol. The van der Waals surface area contributed by atoms with Crippen LogP contribution in [0.4, 0.5) is 17.6 Å². The quantitative estimate of drug-likeness (QED) is 0.118. The van der Waals surface area contributed by atoms with Gasteiger partial charge in [-0.3, -0.25) is 9.59 Å². The second-order valence-electron chi connectivity index (χ2n) is 11.8. The summed E-state index contributed by atoms with van der Waals surface area (Å²) in [6.07, 6.45) is 2.99. The molecule has 0 saturated carbocycles. The molecule has 6 nitrogen and oxygen atoms in total. The fourth-order valence-corrected chi connectivity index (χ4v) is 9.12. The molecule has 49 heavy (non-hydrogen) atoms. The van der Waals surface area contributed by atoms with Crippen molar-refractivity contribution >= 4 is 57.5 Å². The summed E-state index contributed by atoms with van der Waals surface area (Å²) in [4.78, 5) is 29.7. The summed E-state index contributed by atoms with van der Waals surface area (Å²) < 4.78 is 56.6. The van der Waals surface area contributed by atoms with Crippen molar-refractivity contribution in [1.82, 2.24) is 0 Å². The van der Waals surface area contributed by atoms with Gasteiger partial charge in [0.15, 0.2) is 34.8 Å². The third-order valence-electron chi connectivity index (χ3n) is 8.75. The molecule has 3 aliphatic carbocycles. The van der Waals surface area contributed by atoms with Crippen LogP contribution in [0.3, 0.4) is 0 Å². The molecule has 2 aromatic carbocycles. The maximum atomic E-state index is 14.2. The normalized spacial score (nSPS) is 16.5. The highest BCUT2D eigenvalue weighted by Gasteiger charge is 2.41. The molecule has 2 heterocycles. The molecule has 0 unspecified atom stereocenters. The van der Waals surface area contributed by atoms with E-state index in [1.54, 1.807) is 24.3 Å². The standard InChI is InChI=1S/C37H14F4N4O2S2/c1-37(2)25-5-17(3-23-31(15(11-42)12-43)19-7-27(38)29(40)9-21(19)33(23)46)48-35(25)36-26(37)6-18(49-36)4-24-32(16(13-44)14-45)20-8-28(39)30(41)10-22(20)34(24)47/h3-10H,1-2H3/b23-3-,24-4-. The summed E-state index contributed by atoms with van der Waals surface area (Å²) in [6, 6.07) is 13.8. The van der Waals surface area contributed by atoms with E-state index < -0.39 is 51.4 Å². The SMILES string of the molecule is CC1(C)c2cc(/C=C3\C(=O)c4cc(F)c(F)cc4C3=C(C#N)C#N)sc2-c2sc(/C=C3\C(=O)c4cc(F)c(F)cc4C3=C(C#N)C#N)cc21. The van der Waals surface area contributed by atoms with Crippen LogP contribution in [0.5, 0.6) is 0 Å². The minimum Gasteiger partial charge on any atom is -0.289 e. The summed E-state index contributed by atoms with van der Waals surface area (Å²) in [5.41, 5.74) is -0.305. The number of hydrogen-bond acceptors (Lipinski definition) is 8. The Morgan fingerprint density at radius 2 is 0.918 bits per heavy atom. The Morgan fingerprint density at radius 1 is 0.592 bits per heavy atom. The number of carbonyl (C=O) groups excluding carboxylic acids is 2. The number of benzene rings is 2. The van der Waals surface area contributed by atoms with Crippen molar-refractivity contribution in [3.05, 3.63) is 125 Å². The number of allylic oxidation sites excluding steroid dienone is 6. The fraction of sp³-hybridized carbons (Fsp3) is 0.0811. The fourth-order valence-electron chi connectivity index (χ4n) is 6.44. The molecule has 0 N–H and O–H groups in total. The Hall–Kier alpha value is -6.18. The van der Waals surface area contributed by atoms with E-state index in [2.05, 4.69) is 0 Å². The van der Waals surface area contributed by atoms with Crippen LogP contribution in [-0.2, 0) is 5.41 Å². The molecule has 12 heteroatoms. The van der Waals surface area contributed by atoms with E-state index in [4.69, 9.17) is 0 Å². The molecule has 0 aliphatic heterocycles. The summed E-state index contributed by atoms with van der Waals surface area (Å²) in [5.74, 6) is -6.25. The number of nitriles is 4. The lowest BCUT2D eigenvalue weighted by atomic mass is 9.83. The number of ketones is 2. The van der Waals surface area contributed by atoms with Crippen molar-refractivity contribution in [3.63, 3.8) is 0 Å². The molecular weight excluding hydrogens is 673 g/mol. The van der Waals surface area contributed by atoms with Crippen LogP contribution >= 0.6 is 22.7 Å². The largest absolute Gasteiger partial charge is 0.289 e. The Morgan fingerprint density at radius 3 is 1.24 bits per heavy atom. The zero-order valence-corrected chi connectivity index (χ0v) is 26.7. The smallest absolute Gasteiger partial charge is 0.194 e. The second kappa shape index (κ2) is 10.9. The number of carbonyl (C=O) groups is 2. The van der Waals surface area contributed by atoms with Gasteiger partial charge in [-0.1, -0.05) is 13.8 Å². The van der Waals surface area contributed by atoms with Crippen molar-refractivity contribution in [2.75, 3.05) is 0 Å². The van der Waals surface area contributed by atoms with E-state index in [0.29, 0.717) is 9.75 Å². The highest BCUT2D eigenvalue weighted by Crippen LogP contribution is 2.56. The van der Waals surface area contributed by atoms with Gasteiger partial charge < -0.3 is 0 Å². The van der Waals surface area contributed by atoms with Gasteiger partial charge in [0.25, 0.3) is 0 Å². The molecule has 4 aromatic rings. The van der Waals surface area contributed by atoms with Crippen LogP contribution in [0.15, 0.2) is 58.7 Å². The van der Waals surface area contributed by atoms with E-state index in [-0.39, 0.29) is 44.5 Å². The first-order valence-corrected chi connectivity index (χ1v) is 15.9. The zero-order valence-electron chi connectivity index (χ0n) is 25.1. The number of fused-ring (bicyclic) bond motifs is 5. The van der Waals surface area contributed by atoms with Crippen LogP contribution in [0, 0.1) is 68.6 Å². The van der Waals surface area contributed by atoms with Gasteiger partial charge in [0.2, 0.25) is 0 Å². The molecule has 7 rings (SSSR count). The van der Waals surface area contributed by atoms with Crippen LogP contribution < -0.4 is 0 Å². The molecule has 0 atom stereocenters. The first-order chi connectivity index (χ1) is 23.3. The lowest BCUT2D eigenvalue weighted by molar-refractivity contribution is 0.103. The molecule has 0 amide bonds. The van der Waals surface area contributed by atoms with Gasteiger partial charge in [0.05, 0.1) is 0 Å². The highest BCUT2D eigenvalue weighted by molar-refractivity contribution is 7.23. The van der Waals surface area contributed by atoms with Crippen LogP contribution in [0.2, 0.25) is 0 Å². The Balaban J connectivity index is 1.34. The van der Waals surface area contributed by atoms with Crippen molar-refractivity contribution in [2.45, 2.75) is 19.3 Å². The first-order valence-electron chi connectivity index (χ1n) is 14.2. The predicted octanol–water partition coefficient (Wildman–Crippen LogP) is 8.83. The van der Waals surface area contributed by atoms with E-state index >= 15 is 0 Å². The number of nitrogens with zero attached hydrogens (tertiary/aromatic N) is 4. The predicted molar refractivity (Wildman–Crippen MR) is 173 cm³/mol. The van der Waals surface area contributed by atoms with Gasteiger partial charge in [0, 0.05) is 58.3 Å². The highest BCUT2D eigenvalue weighted by atomic mass is 32.1. The molecule has 0 fully saturated rings. The maximum Gasteiger partial charge on any atom is 0.194 e. The molecule has 3 aliphatic rings. The Labute approximate surface area is 283 Å². The molecule has 0 bridgehead atoms. The van der Waals surface area contributed by atoms with Gasteiger partial charge in [-0.15, -0.1) is 22.7 Å². The van der Waals surface area contributed by atoms with Crippen molar-refractivity contribution in [3.8, 4) is 34.0 Å². The van der Waals surface area contributed by atoms with Crippen molar-refractivity contribution in [1.29, 1.82) is 21.0 Å². The maximum absolute atomic E-state index is 14.2. The number of hydrogen-bond donors (Lipinski definition) is 0. The van der Waals surface area contributed by atoms with E-state index in [9.17, 15) is 48.2 Å². The summed E-state index contributed by atoms with van der Waals surface area (Å²) in [6.45, 7) is 3.94. The van der Waals surface area contributed by atoms with Crippen molar-refractivity contribution in [2.24, 2.45) is 0 Å². The van der Waals surface area contributed by atoms with Gasteiger partial charge in [-0.25, -0.2) is 17.6 Å². The number of thiophene rings is 2. The van der Waals surface area contributed by atoms with Crippen LogP contribution in [0.1, 0.15) is 66.6 Å². The number of Topliss-reactive ketones (excluding diaryl/α,β-unsaturated/α-hetero) is 2. The van der Waals surface area contributed by atoms with E-state index in [1.165, 1.54) is 34.8 Å². The molecule has 0 radical (unpaired) electrons. The monoisotopic (exact) mass is 686 g/mol. The zero-order chi connectivity index (χ0) is 35.1. The topological polar surface area (TPSA) is 129 Å². The number of rotatable bonds is 2. The summed E-state index contributed by atoms with van der Waals surface area (Å²) in [7, 11) is 0. The molecule has 0 saturated heterocycles. The van der Waals surface area contributed by atoms with Gasteiger partial charge >= 0.3 is 0 Å². The van der Waals surface area contributed by atoms with Gasteiger partial charge in [-0.2, -0.15) is 21.0 Å². The molecule has 234 valence electrons. The molecular formula is C37H14F4N4O2S2. The van der Waals surface area contributed by atoms with Crippen LogP contribution in [-0.4, -0.2) is 11.6 Å². The van der Waals surface area contributed by atoms with Gasteiger partial charge in [0.1, 0.15) is 35.4 Å². The number of halogens is 4. The Bertz CT molecular complexity index is 2400. The second-order valence-corrected chi connectivity index (χ2v) is 13.9. The molecule has 0 spiro atoms. The summed E-state index contributed by atoms with van der Waals surface area (Å²) in [5, 5.41) is 38.5. The molecule has 2 aromatic heterocycles. The lowest BCUT2D eigenvalue weighted by Gasteiger charge is -2.19. The summed E-state index contributed by atoms with van der Waals surface area (Å²) >= 11 is 2.62. The Kier molecular flexibility index (Phi) is 7.01. The lowest BCUT2D eigenvalue weighted by Crippen LogP contribution is -2.13.